The molecule has 24 heavy (non-hydrogen) atoms. The lowest BCUT2D eigenvalue weighted by Crippen LogP contribution is -2.42. The van der Waals surface area contributed by atoms with Crippen LogP contribution in [0.5, 0.6) is 0 Å². The van der Waals surface area contributed by atoms with E-state index in [1.165, 1.54) is 12.8 Å². The number of hydrogen-bond acceptors (Lipinski definition) is 5. The van der Waals surface area contributed by atoms with Gasteiger partial charge in [0.05, 0.1) is 29.3 Å². The Morgan fingerprint density at radius 3 is 3.00 bits per heavy atom. The van der Waals surface area contributed by atoms with Crippen LogP contribution in [0.15, 0.2) is 16.9 Å². The molecule has 3 heterocycles. The molecule has 0 spiro atoms. The van der Waals surface area contributed by atoms with E-state index < -0.39 is 0 Å². The summed E-state index contributed by atoms with van der Waals surface area (Å²) in [5.41, 5.74) is 2.91. The van der Waals surface area contributed by atoms with Gasteiger partial charge in [0.1, 0.15) is 5.76 Å². The van der Waals surface area contributed by atoms with E-state index in [2.05, 4.69) is 20.4 Å². The lowest BCUT2D eigenvalue weighted by Gasteiger charge is -2.31. The number of carbonyl (C=O) groups excluding carboxylic acids is 1. The van der Waals surface area contributed by atoms with Crippen LogP contribution in [0.25, 0.3) is 0 Å². The first-order valence-corrected chi connectivity index (χ1v) is 8.52. The fraction of sp³-hybridized carbons (Fsp3) is 0.588. The number of amides is 1. The Morgan fingerprint density at radius 1 is 1.46 bits per heavy atom. The van der Waals surface area contributed by atoms with E-state index in [0.29, 0.717) is 19.0 Å². The number of nitrogens with one attached hydrogen (secondary N) is 1. The first kappa shape index (κ1) is 15.4. The molecule has 2 aromatic heterocycles. The van der Waals surface area contributed by atoms with Gasteiger partial charge in [-0.3, -0.25) is 9.69 Å². The van der Waals surface area contributed by atoms with E-state index >= 15 is 0 Å². The van der Waals surface area contributed by atoms with Crippen molar-refractivity contribution in [2.45, 2.75) is 38.8 Å². The number of nitrogens with zero attached hydrogens (tertiary/aromatic N) is 4. The number of aryl methyl sites for hydroxylation is 2. The second-order valence-electron chi connectivity index (χ2n) is 7.03. The summed E-state index contributed by atoms with van der Waals surface area (Å²) in [5.74, 6) is 1.40. The molecule has 128 valence electrons. The number of aromatic nitrogens is 3. The van der Waals surface area contributed by atoms with Crippen molar-refractivity contribution in [2.24, 2.45) is 13.0 Å². The fourth-order valence-electron chi connectivity index (χ4n) is 3.42. The lowest BCUT2D eigenvalue weighted by molar-refractivity contribution is -0.123. The smallest absolute Gasteiger partial charge is 0.230 e. The minimum absolute atomic E-state index is 0.104. The quantitative estimate of drug-likeness (QED) is 0.896. The molecule has 0 saturated heterocycles. The predicted molar refractivity (Wildman–Crippen MR) is 87.0 cm³/mol. The van der Waals surface area contributed by atoms with Crippen LogP contribution < -0.4 is 5.32 Å². The highest BCUT2D eigenvalue weighted by atomic mass is 16.5. The average molecular weight is 329 g/mol. The predicted octanol–water partition coefficient (Wildman–Crippen LogP) is 1.34. The van der Waals surface area contributed by atoms with Gasteiger partial charge < -0.3 is 14.4 Å². The van der Waals surface area contributed by atoms with E-state index in [1.807, 2.05) is 24.6 Å². The van der Waals surface area contributed by atoms with Gasteiger partial charge >= 0.3 is 0 Å². The monoisotopic (exact) mass is 329 g/mol. The van der Waals surface area contributed by atoms with E-state index in [-0.39, 0.29) is 11.8 Å². The molecule has 1 amide bonds. The molecule has 7 heteroatoms. The molecule has 4 rings (SSSR count). The second-order valence-corrected chi connectivity index (χ2v) is 7.03. The van der Waals surface area contributed by atoms with Gasteiger partial charge in [0.15, 0.2) is 0 Å². The standard InChI is InChI=1S/C17H23N5O2/c1-11-5-13(20-24-11)7-22-8-14(17(23)18-6-12-3-4-12)16-15(9-22)19-10-21(16)2/h5,10,12,14H,3-4,6-9H2,1-2H3,(H,18,23). The van der Waals surface area contributed by atoms with Crippen LogP contribution >= 0.6 is 0 Å². The Bertz CT molecular complexity index is 746. The topological polar surface area (TPSA) is 76.2 Å². The molecule has 1 aliphatic carbocycles. The number of rotatable bonds is 5. The molecule has 0 radical (unpaired) electrons. The Morgan fingerprint density at radius 2 is 2.29 bits per heavy atom. The summed E-state index contributed by atoms with van der Waals surface area (Å²) in [5, 5.41) is 7.19. The summed E-state index contributed by atoms with van der Waals surface area (Å²) in [4.78, 5) is 19.4. The summed E-state index contributed by atoms with van der Waals surface area (Å²) in [7, 11) is 1.96. The van der Waals surface area contributed by atoms with Crippen molar-refractivity contribution < 1.29 is 9.32 Å². The Labute approximate surface area is 141 Å². The highest BCUT2D eigenvalue weighted by molar-refractivity contribution is 5.84. The van der Waals surface area contributed by atoms with Crippen molar-refractivity contribution in [2.75, 3.05) is 13.1 Å². The van der Waals surface area contributed by atoms with Crippen LogP contribution in [-0.4, -0.2) is 38.6 Å². The minimum Gasteiger partial charge on any atom is -0.361 e. The third kappa shape index (κ3) is 3.08. The van der Waals surface area contributed by atoms with Gasteiger partial charge in [-0.15, -0.1) is 0 Å². The largest absolute Gasteiger partial charge is 0.361 e. The average Bonchev–Trinajstić information content (AvgIpc) is 3.20. The molecule has 1 unspecified atom stereocenters. The van der Waals surface area contributed by atoms with Crippen LogP contribution in [0.1, 0.15) is 41.6 Å². The number of hydrogen-bond donors (Lipinski definition) is 1. The SMILES string of the molecule is Cc1cc(CN2Cc3ncn(C)c3C(C(=O)NCC3CC3)C2)no1. The molecular weight excluding hydrogens is 306 g/mol. The van der Waals surface area contributed by atoms with Gasteiger partial charge in [0.25, 0.3) is 0 Å². The molecule has 1 saturated carbocycles. The third-order valence-corrected chi connectivity index (χ3v) is 4.85. The second kappa shape index (κ2) is 6.05. The summed E-state index contributed by atoms with van der Waals surface area (Å²) < 4.78 is 7.13. The van der Waals surface area contributed by atoms with Gasteiger partial charge in [0.2, 0.25) is 5.91 Å². The molecule has 0 bridgehead atoms. The first-order chi connectivity index (χ1) is 11.6. The minimum atomic E-state index is -0.187. The van der Waals surface area contributed by atoms with Crippen molar-refractivity contribution in [1.29, 1.82) is 0 Å². The van der Waals surface area contributed by atoms with Crippen molar-refractivity contribution in [3.63, 3.8) is 0 Å². The highest BCUT2D eigenvalue weighted by Crippen LogP contribution is 2.30. The maximum atomic E-state index is 12.7. The maximum absolute atomic E-state index is 12.7. The molecule has 0 aromatic carbocycles. The molecule has 2 aliphatic rings. The normalized spacial score (nSPS) is 20.8. The van der Waals surface area contributed by atoms with Crippen molar-refractivity contribution in [1.82, 2.24) is 24.9 Å². The molecular formula is C17H23N5O2. The molecule has 1 fully saturated rings. The van der Waals surface area contributed by atoms with Gasteiger partial charge in [-0.25, -0.2) is 4.98 Å². The van der Waals surface area contributed by atoms with E-state index in [1.54, 1.807) is 6.33 Å². The Balaban J connectivity index is 1.52. The number of fused-ring (bicyclic) bond motifs is 1. The van der Waals surface area contributed by atoms with Crippen LogP contribution in [0.3, 0.4) is 0 Å². The first-order valence-electron chi connectivity index (χ1n) is 8.52. The van der Waals surface area contributed by atoms with Gasteiger partial charge in [-0.2, -0.15) is 0 Å². The van der Waals surface area contributed by atoms with Gasteiger partial charge in [-0.1, -0.05) is 5.16 Å². The van der Waals surface area contributed by atoms with Crippen molar-refractivity contribution in [3.05, 3.63) is 35.2 Å². The zero-order valence-electron chi connectivity index (χ0n) is 14.2. The molecule has 1 atom stereocenters. The van der Waals surface area contributed by atoms with Crippen molar-refractivity contribution in [3.8, 4) is 0 Å². The molecule has 1 N–H and O–H groups in total. The number of carbonyl (C=O) groups is 1. The number of imidazole rings is 1. The van der Waals surface area contributed by atoms with Gasteiger partial charge in [0, 0.05) is 39.3 Å². The Kier molecular flexibility index (Phi) is 3.88. The van der Waals surface area contributed by atoms with Crippen LogP contribution in [0.2, 0.25) is 0 Å². The van der Waals surface area contributed by atoms with E-state index in [0.717, 1.165) is 35.9 Å². The summed E-state index contributed by atoms with van der Waals surface area (Å²) in [6, 6.07) is 1.94. The Hall–Kier alpha value is -2.15. The fourth-order valence-corrected chi connectivity index (χ4v) is 3.42. The van der Waals surface area contributed by atoms with Crippen LogP contribution in [0.4, 0.5) is 0 Å². The third-order valence-electron chi connectivity index (χ3n) is 4.85. The van der Waals surface area contributed by atoms with Crippen LogP contribution in [-0.2, 0) is 24.9 Å². The molecule has 1 aliphatic heterocycles. The van der Waals surface area contributed by atoms with Crippen molar-refractivity contribution >= 4 is 5.91 Å². The van der Waals surface area contributed by atoms with E-state index in [9.17, 15) is 4.79 Å². The highest BCUT2D eigenvalue weighted by Gasteiger charge is 2.34. The van der Waals surface area contributed by atoms with Crippen LogP contribution in [0, 0.1) is 12.8 Å². The summed E-state index contributed by atoms with van der Waals surface area (Å²) in [6.07, 6.45) is 4.27. The summed E-state index contributed by atoms with van der Waals surface area (Å²) in [6.45, 7) is 4.76. The maximum Gasteiger partial charge on any atom is 0.230 e. The van der Waals surface area contributed by atoms with Gasteiger partial charge in [-0.05, 0) is 25.7 Å². The van der Waals surface area contributed by atoms with E-state index in [4.69, 9.17) is 4.52 Å². The molecule has 2 aromatic rings. The lowest BCUT2D eigenvalue weighted by atomic mass is 9.97. The summed E-state index contributed by atoms with van der Waals surface area (Å²) >= 11 is 0. The molecule has 7 nitrogen and oxygen atoms in total. The zero-order chi connectivity index (χ0) is 16.7. The zero-order valence-corrected chi connectivity index (χ0v) is 14.2.